The average molecular weight is 728 g/mol. The molecule has 0 unspecified atom stereocenters. The zero-order chi connectivity index (χ0) is 36.7. The Bertz CT molecular complexity index is 3500. The molecule has 0 saturated carbocycles. The Morgan fingerprint density at radius 1 is 0.268 bits per heavy atom. The fraction of sp³-hybridized carbons (Fsp3) is 0. The van der Waals surface area contributed by atoms with Crippen LogP contribution in [0.5, 0.6) is 0 Å². The van der Waals surface area contributed by atoms with Gasteiger partial charge in [-0.2, -0.15) is 0 Å². The Hall–Kier alpha value is -7.00. The lowest BCUT2D eigenvalue weighted by Crippen LogP contribution is -1.94. The van der Waals surface area contributed by atoms with Crippen LogP contribution >= 0.6 is 11.3 Å². The van der Waals surface area contributed by atoms with Crippen LogP contribution in [-0.2, 0) is 0 Å². The van der Waals surface area contributed by atoms with Gasteiger partial charge in [0.15, 0.2) is 0 Å². The minimum Gasteiger partial charge on any atom is -0.309 e. The summed E-state index contributed by atoms with van der Waals surface area (Å²) < 4.78 is 5.11. The monoisotopic (exact) mass is 727 g/mol. The molecule has 2 heteroatoms. The van der Waals surface area contributed by atoms with E-state index in [9.17, 15) is 0 Å². The zero-order valence-electron chi connectivity index (χ0n) is 30.4. The van der Waals surface area contributed by atoms with E-state index in [-0.39, 0.29) is 0 Å². The van der Waals surface area contributed by atoms with Crippen molar-refractivity contribution in [2.45, 2.75) is 0 Å². The van der Waals surface area contributed by atoms with Crippen LogP contribution in [-0.4, -0.2) is 4.57 Å². The van der Waals surface area contributed by atoms with Gasteiger partial charge < -0.3 is 4.57 Å². The number of thiophene rings is 1. The van der Waals surface area contributed by atoms with Gasteiger partial charge >= 0.3 is 0 Å². The van der Waals surface area contributed by atoms with E-state index in [1.54, 1.807) is 0 Å². The maximum Gasteiger partial charge on any atom is 0.0541 e. The van der Waals surface area contributed by atoms with Gasteiger partial charge in [-0.05, 0) is 102 Å². The molecule has 0 N–H and O–H groups in total. The van der Waals surface area contributed by atoms with Gasteiger partial charge in [0.05, 0.1) is 11.0 Å². The summed E-state index contributed by atoms with van der Waals surface area (Å²) in [6.07, 6.45) is 0. The molecule has 10 aromatic carbocycles. The van der Waals surface area contributed by atoms with Crippen LogP contribution in [0.25, 0.3) is 113 Å². The molecule has 0 amide bonds. The highest BCUT2D eigenvalue weighted by molar-refractivity contribution is 7.26. The maximum absolute atomic E-state index is 2.44. The molecule has 260 valence electrons. The number of hydrogen-bond donors (Lipinski definition) is 0. The first-order chi connectivity index (χ1) is 27.8. The minimum absolute atomic E-state index is 1.16. The second-order valence-corrected chi connectivity index (χ2v) is 15.8. The van der Waals surface area contributed by atoms with E-state index >= 15 is 0 Å². The summed E-state index contributed by atoms with van der Waals surface area (Å²) in [6.45, 7) is 0. The SMILES string of the molecule is c1ccc(-c2cccc3c2sc2c(-c4ccc5c(c4)c4ccccc4n5-c4cccc(-c5ccc6c7ccccc7c7ccccc7c6c5)c4)cccc23)cc1. The highest BCUT2D eigenvalue weighted by atomic mass is 32.1. The summed E-state index contributed by atoms with van der Waals surface area (Å²) in [6, 6.07) is 73.8. The quantitative estimate of drug-likeness (QED) is 0.159. The van der Waals surface area contributed by atoms with Crippen molar-refractivity contribution in [3.05, 3.63) is 200 Å². The number of aromatic nitrogens is 1. The van der Waals surface area contributed by atoms with Crippen LogP contribution in [0.2, 0.25) is 0 Å². The summed E-state index contributed by atoms with van der Waals surface area (Å²) in [5.74, 6) is 0. The predicted molar refractivity (Wildman–Crippen MR) is 242 cm³/mol. The van der Waals surface area contributed by atoms with Crippen molar-refractivity contribution >= 4 is 85.6 Å². The predicted octanol–water partition coefficient (Wildman–Crippen LogP) is 15.6. The minimum atomic E-state index is 1.16. The Balaban J connectivity index is 1.01. The Labute approximate surface area is 327 Å². The van der Waals surface area contributed by atoms with Gasteiger partial charge in [0.1, 0.15) is 0 Å². The Kier molecular flexibility index (Phi) is 6.87. The van der Waals surface area contributed by atoms with Crippen LogP contribution in [0.15, 0.2) is 200 Å². The van der Waals surface area contributed by atoms with E-state index in [1.807, 2.05) is 11.3 Å². The highest BCUT2D eigenvalue weighted by Gasteiger charge is 2.18. The van der Waals surface area contributed by atoms with Crippen LogP contribution in [0.3, 0.4) is 0 Å². The molecule has 0 atom stereocenters. The van der Waals surface area contributed by atoms with E-state index < -0.39 is 0 Å². The fourth-order valence-electron chi connectivity index (χ4n) is 9.22. The molecule has 0 aliphatic carbocycles. The molecule has 0 aliphatic rings. The van der Waals surface area contributed by atoms with Crippen LogP contribution in [0, 0.1) is 0 Å². The summed E-state index contributed by atoms with van der Waals surface area (Å²) in [5, 5.41) is 12.9. The van der Waals surface area contributed by atoms with Gasteiger partial charge in [-0.1, -0.05) is 164 Å². The van der Waals surface area contributed by atoms with E-state index in [2.05, 4.69) is 205 Å². The van der Waals surface area contributed by atoms with Crippen molar-refractivity contribution < 1.29 is 0 Å². The molecular weight excluding hydrogens is 695 g/mol. The smallest absolute Gasteiger partial charge is 0.0541 e. The zero-order valence-corrected chi connectivity index (χ0v) is 31.2. The Morgan fingerprint density at radius 2 is 0.750 bits per heavy atom. The van der Waals surface area contributed by atoms with Gasteiger partial charge in [0, 0.05) is 36.6 Å². The number of para-hydroxylation sites is 1. The number of nitrogens with zero attached hydrogens (tertiary/aromatic N) is 1. The topological polar surface area (TPSA) is 4.93 Å². The molecule has 0 spiro atoms. The van der Waals surface area contributed by atoms with Crippen LogP contribution in [0.4, 0.5) is 0 Å². The van der Waals surface area contributed by atoms with E-state index in [0.717, 1.165) is 5.69 Å². The van der Waals surface area contributed by atoms with Crippen molar-refractivity contribution in [1.82, 2.24) is 4.57 Å². The molecule has 0 fully saturated rings. The highest BCUT2D eigenvalue weighted by Crippen LogP contribution is 2.45. The van der Waals surface area contributed by atoms with Gasteiger partial charge in [-0.15, -0.1) is 11.3 Å². The number of hydrogen-bond acceptors (Lipinski definition) is 1. The molecular formula is C54H33NS. The Morgan fingerprint density at radius 3 is 1.46 bits per heavy atom. The van der Waals surface area contributed by atoms with Gasteiger partial charge in [-0.3, -0.25) is 0 Å². The van der Waals surface area contributed by atoms with E-state index in [1.165, 1.54) is 108 Å². The van der Waals surface area contributed by atoms with Crippen LogP contribution < -0.4 is 0 Å². The molecule has 1 nitrogen and oxygen atoms in total. The van der Waals surface area contributed by atoms with Crippen LogP contribution in [0.1, 0.15) is 0 Å². The van der Waals surface area contributed by atoms with Crippen molar-refractivity contribution in [2.75, 3.05) is 0 Å². The van der Waals surface area contributed by atoms with Gasteiger partial charge in [0.25, 0.3) is 0 Å². The first kappa shape index (κ1) is 31.4. The summed E-state index contributed by atoms with van der Waals surface area (Å²) in [7, 11) is 0. The molecule has 0 saturated heterocycles. The van der Waals surface area contributed by atoms with Crippen molar-refractivity contribution in [3.63, 3.8) is 0 Å². The molecule has 0 bridgehead atoms. The summed E-state index contributed by atoms with van der Waals surface area (Å²) in [4.78, 5) is 0. The molecule has 12 aromatic rings. The molecule has 0 radical (unpaired) electrons. The summed E-state index contributed by atoms with van der Waals surface area (Å²) in [5.41, 5.74) is 11.1. The number of fused-ring (bicyclic) bond motifs is 12. The molecule has 2 heterocycles. The first-order valence-corrected chi connectivity index (χ1v) is 20.1. The molecule has 56 heavy (non-hydrogen) atoms. The summed E-state index contributed by atoms with van der Waals surface area (Å²) >= 11 is 1.91. The lowest BCUT2D eigenvalue weighted by Gasteiger charge is -2.13. The van der Waals surface area contributed by atoms with Gasteiger partial charge in [0.2, 0.25) is 0 Å². The number of rotatable bonds is 4. The largest absolute Gasteiger partial charge is 0.309 e. The fourth-order valence-corrected chi connectivity index (χ4v) is 10.6. The van der Waals surface area contributed by atoms with Crippen molar-refractivity contribution in [2.24, 2.45) is 0 Å². The van der Waals surface area contributed by atoms with Crippen molar-refractivity contribution in [1.29, 1.82) is 0 Å². The third-order valence-electron chi connectivity index (χ3n) is 11.8. The van der Waals surface area contributed by atoms with Crippen molar-refractivity contribution in [3.8, 4) is 39.1 Å². The normalized spacial score (nSPS) is 11.9. The lowest BCUT2D eigenvalue weighted by molar-refractivity contribution is 1.18. The molecule has 0 aliphatic heterocycles. The molecule has 12 rings (SSSR count). The third kappa shape index (κ3) is 4.67. The van der Waals surface area contributed by atoms with Gasteiger partial charge in [-0.25, -0.2) is 0 Å². The first-order valence-electron chi connectivity index (χ1n) is 19.3. The van der Waals surface area contributed by atoms with E-state index in [0.29, 0.717) is 0 Å². The second kappa shape index (κ2) is 12.3. The second-order valence-electron chi connectivity index (χ2n) is 14.8. The average Bonchev–Trinajstić information content (AvgIpc) is 3.82. The van der Waals surface area contributed by atoms with E-state index in [4.69, 9.17) is 0 Å². The third-order valence-corrected chi connectivity index (χ3v) is 13.1. The lowest BCUT2D eigenvalue weighted by atomic mass is 9.92. The number of benzene rings is 10. The molecule has 2 aromatic heterocycles. The standard InChI is InChI=1S/C54H33NS/c1-2-13-34(14-3-1)39-22-11-24-47-48-25-12-23-40(54(48)56-53(39)47)37-28-30-52-50(33-37)46-21-8-9-26-51(46)55(52)38-16-10-15-35(31-38)36-27-29-45-43-19-5-4-17-41(43)42-18-6-7-20-44(42)49(45)32-36/h1-33H. The maximum atomic E-state index is 2.44.